The largest absolute Gasteiger partial charge is 0.389 e. The highest BCUT2D eigenvalue weighted by Gasteiger charge is 2.35. The molecule has 0 aliphatic heterocycles. The molecule has 2 rings (SSSR count). The number of hydrogen-bond donors (Lipinski definition) is 1. The fourth-order valence-electron chi connectivity index (χ4n) is 2.61. The molecular formula is C14H20O. The quantitative estimate of drug-likeness (QED) is 0.784. The Hall–Kier alpha value is -0.820. The number of benzene rings is 1. The average Bonchev–Trinajstić information content (AvgIpc) is 2.24. The summed E-state index contributed by atoms with van der Waals surface area (Å²) < 4.78 is 0. The third kappa shape index (κ3) is 2.40. The van der Waals surface area contributed by atoms with E-state index in [1.807, 2.05) is 18.2 Å². The van der Waals surface area contributed by atoms with Gasteiger partial charge in [-0.3, -0.25) is 0 Å². The van der Waals surface area contributed by atoms with Gasteiger partial charge in [0.1, 0.15) is 0 Å². The zero-order chi connectivity index (χ0) is 10.7. The van der Waals surface area contributed by atoms with E-state index in [2.05, 4.69) is 19.1 Å². The molecule has 0 spiro atoms. The van der Waals surface area contributed by atoms with Gasteiger partial charge < -0.3 is 5.11 Å². The minimum atomic E-state index is -0.459. The van der Waals surface area contributed by atoms with Gasteiger partial charge in [0.05, 0.1) is 5.60 Å². The zero-order valence-corrected chi connectivity index (χ0v) is 9.45. The van der Waals surface area contributed by atoms with E-state index in [1.165, 1.54) is 24.8 Å². The molecule has 1 aromatic carbocycles. The highest BCUT2D eigenvalue weighted by Crippen LogP contribution is 2.35. The Morgan fingerprint density at radius 1 is 1.27 bits per heavy atom. The van der Waals surface area contributed by atoms with Crippen molar-refractivity contribution in [2.45, 2.75) is 44.6 Å². The summed E-state index contributed by atoms with van der Waals surface area (Å²) >= 11 is 0. The first-order valence-corrected chi connectivity index (χ1v) is 5.97. The first kappa shape index (κ1) is 10.7. The van der Waals surface area contributed by atoms with Crippen molar-refractivity contribution in [3.63, 3.8) is 0 Å². The van der Waals surface area contributed by atoms with Crippen LogP contribution in [-0.2, 0) is 6.42 Å². The Bertz CT molecular complexity index is 306. The first-order chi connectivity index (χ1) is 7.21. The third-order valence-electron chi connectivity index (χ3n) is 3.77. The Labute approximate surface area is 92.1 Å². The van der Waals surface area contributed by atoms with Gasteiger partial charge in [-0.25, -0.2) is 0 Å². The maximum atomic E-state index is 10.6. The first-order valence-electron chi connectivity index (χ1n) is 5.97. The SMILES string of the molecule is C[C@@H]1CCCC[C@]1(O)Cc1ccccc1. The second-order valence-electron chi connectivity index (χ2n) is 4.91. The zero-order valence-electron chi connectivity index (χ0n) is 9.45. The summed E-state index contributed by atoms with van der Waals surface area (Å²) in [5.74, 6) is 0.437. The van der Waals surface area contributed by atoms with Gasteiger partial charge in [-0.1, -0.05) is 50.1 Å². The molecular weight excluding hydrogens is 184 g/mol. The Morgan fingerprint density at radius 2 is 2.00 bits per heavy atom. The van der Waals surface area contributed by atoms with Gasteiger partial charge in [0, 0.05) is 6.42 Å². The molecule has 0 aromatic heterocycles. The Morgan fingerprint density at radius 3 is 2.67 bits per heavy atom. The molecule has 82 valence electrons. The minimum absolute atomic E-state index is 0.437. The van der Waals surface area contributed by atoms with Crippen molar-refractivity contribution < 1.29 is 5.11 Å². The van der Waals surface area contributed by atoms with Gasteiger partial charge >= 0.3 is 0 Å². The van der Waals surface area contributed by atoms with E-state index >= 15 is 0 Å². The molecule has 1 nitrogen and oxygen atoms in total. The molecule has 0 bridgehead atoms. The summed E-state index contributed by atoms with van der Waals surface area (Å²) in [4.78, 5) is 0. The van der Waals surface area contributed by atoms with Crippen molar-refractivity contribution in [2.24, 2.45) is 5.92 Å². The van der Waals surface area contributed by atoms with Crippen LogP contribution in [0.3, 0.4) is 0 Å². The van der Waals surface area contributed by atoms with E-state index in [-0.39, 0.29) is 0 Å². The van der Waals surface area contributed by atoms with Crippen molar-refractivity contribution in [3.05, 3.63) is 35.9 Å². The molecule has 15 heavy (non-hydrogen) atoms. The van der Waals surface area contributed by atoms with Crippen LogP contribution < -0.4 is 0 Å². The maximum absolute atomic E-state index is 10.6. The van der Waals surface area contributed by atoms with Gasteiger partial charge in [0.2, 0.25) is 0 Å². The lowest BCUT2D eigenvalue weighted by molar-refractivity contribution is -0.0405. The summed E-state index contributed by atoms with van der Waals surface area (Å²) in [5.41, 5.74) is 0.799. The van der Waals surface area contributed by atoms with Crippen LogP contribution in [0.25, 0.3) is 0 Å². The van der Waals surface area contributed by atoms with Crippen LogP contribution in [0.15, 0.2) is 30.3 Å². The van der Waals surface area contributed by atoms with Gasteiger partial charge in [0.15, 0.2) is 0 Å². The van der Waals surface area contributed by atoms with Gasteiger partial charge in [-0.05, 0) is 24.3 Å². The molecule has 0 unspecified atom stereocenters. The van der Waals surface area contributed by atoms with Crippen LogP contribution in [0.2, 0.25) is 0 Å². The predicted octanol–water partition coefficient (Wildman–Crippen LogP) is 3.17. The Balaban J connectivity index is 2.09. The molecule has 2 atom stereocenters. The van der Waals surface area contributed by atoms with Crippen molar-refractivity contribution in [1.82, 2.24) is 0 Å². The third-order valence-corrected chi connectivity index (χ3v) is 3.77. The molecule has 1 fully saturated rings. The van der Waals surface area contributed by atoms with E-state index in [4.69, 9.17) is 0 Å². The van der Waals surface area contributed by atoms with E-state index in [0.29, 0.717) is 5.92 Å². The predicted molar refractivity (Wildman–Crippen MR) is 62.7 cm³/mol. The molecule has 1 aromatic rings. The fraction of sp³-hybridized carbons (Fsp3) is 0.571. The van der Waals surface area contributed by atoms with Crippen molar-refractivity contribution in [3.8, 4) is 0 Å². The lowest BCUT2D eigenvalue weighted by atomic mass is 9.73. The van der Waals surface area contributed by atoms with Crippen LogP contribution in [0.1, 0.15) is 38.2 Å². The summed E-state index contributed by atoms with van der Waals surface area (Å²) in [5, 5.41) is 10.6. The number of rotatable bonds is 2. The lowest BCUT2D eigenvalue weighted by Gasteiger charge is -2.38. The minimum Gasteiger partial charge on any atom is -0.389 e. The van der Waals surface area contributed by atoms with Crippen LogP contribution in [0.5, 0.6) is 0 Å². The van der Waals surface area contributed by atoms with Crippen LogP contribution in [0, 0.1) is 5.92 Å². The van der Waals surface area contributed by atoms with Crippen molar-refractivity contribution in [2.75, 3.05) is 0 Å². The highest BCUT2D eigenvalue weighted by atomic mass is 16.3. The highest BCUT2D eigenvalue weighted by molar-refractivity contribution is 5.17. The second-order valence-corrected chi connectivity index (χ2v) is 4.91. The average molecular weight is 204 g/mol. The maximum Gasteiger partial charge on any atom is 0.0713 e. The molecule has 1 saturated carbocycles. The van der Waals surface area contributed by atoms with E-state index in [9.17, 15) is 5.11 Å². The molecule has 0 heterocycles. The number of aliphatic hydroxyl groups is 1. The molecule has 1 heteroatoms. The Kier molecular flexibility index (Phi) is 3.11. The smallest absolute Gasteiger partial charge is 0.0713 e. The summed E-state index contributed by atoms with van der Waals surface area (Å²) in [6.07, 6.45) is 5.40. The van der Waals surface area contributed by atoms with Gasteiger partial charge in [-0.2, -0.15) is 0 Å². The normalized spacial score (nSPS) is 31.5. The standard InChI is InChI=1S/C14H20O/c1-12-7-5-6-10-14(12,15)11-13-8-3-2-4-9-13/h2-4,8-9,12,15H,5-7,10-11H2,1H3/t12-,14+/m1/s1. The van der Waals surface area contributed by atoms with Crippen molar-refractivity contribution >= 4 is 0 Å². The van der Waals surface area contributed by atoms with Gasteiger partial charge in [0.25, 0.3) is 0 Å². The van der Waals surface area contributed by atoms with Crippen LogP contribution >= 0.6 is 0 Å². The van der Waals surface area contributed by atoms with Crippen LogP contribution in [0.4, 0.5) is 0 Å². The van der Waals surface area contributed by atoms with E-state index in [0.717, 1.165) is 12.8 Å². The van der Waals surface area contributed by atoms with E-state index in [1.54, 1.807) is 0 Å². The molecule has 1 aliphatic rings. The monoisotopic (exact) mass is 204 g/mol. The van der Waals surface area contributed by atoms with E-state index < -0.39 is 5.60 Å². The summed E-state index contributed by atoms with van der Waals surface area (Å²) in [6.45, 7) is 2.18. The second kappa shape index (κ2) is 4.36. The molecule has 0 radical (unpaired) electrons. The van der Waals surface area contributed by atoms with Crippen LogP contribution in [-0.4, -0.2) is 10.7 Å². The molecule has 0 saturated heterocycles. The molecule has 1 N–H and O–H groups in total. The van der Waals surface area contributed by atoms with Crippen molar-refractivity contribution in [1.29, 1.82) is 0 Å². The molecule has 0 amide bonds. The van der Waals surface area contributed by atoms with Gasteiger partial charge in [-0.15, -0.1) is 0 Å². The fourth-order valence-corrected chi connectivity index (χ4v) is 2.61. The topological polar surface area (TPSA) is 20.2 Å². The summed E-state index contributed by atoms with van der Waals surface area (Å²) in [6, 6.07) is 10.3. The lowest BCUT2D eigenvalue weighted by Crippen LogP contribution is -2.41. The number of hydrogen-bond acceptors (Lipinski definition) is 1. The summed E-state index contributed by atoms with van der Waals surface area (Å²) in [7, 11) is 0. The molecule has 1 aliphatic carbocycles.